The van der Waals surface area contributed by atoms with Gasteiger partial charge in [0, 0.05) is 25.0 Å². The highest BCUT2D eigenvalue weighted by molar-refractivity contribution is 9.10. The summed E-state index contributed by atoms with van der Waals surface area (Å²) in [6.07, 6.45) is 8.86. The average Bonchev–Trinajstić information content (AvgIpc) is 2.55. The predicted molar refractivity (Wildman–Crippen MR) is 75.6 cm³/mol. The minimum absolute atomic E-state index is 0.272. The molecule has 18 heavy (non-hydrogen) atoms. The summed E-state index contributed by atoms with van der Waals surface area (Å²) in [6.45, 7) is 2.84. The molecule has 2 heterocycles. The first kappa shape index (κ1) is 13.7. The number of halogens is 1. The summed E-state index contributed by atoms with van der Waals surface area (Å²) in [5.41, 5.74) is 0. The summed E-state index contributed by atoms with van der Waals surface area (Å²) >= 11 is 3.36. The number of hydrogen-bond donors (Lipinski definition) is 1. The van der Waals surface area contributed by atoms with E-state index in [2.05, 4.69) is 30.8 Å². The van der Waals surface area contributed by atoms with Crippen LogP contribution in [-0.4, -0.2) is 33.8 Å². The molecule has 2 atom stereocenters. The van der Waals surface area contributed by atoms with Crippen LogP contribution in [0.5, 0.6) is 0 Å². The lowest BCUT2D eigenvalue weighted by molar-refractivity contribution is 0.171. The molecule has 1 aliphatic rings. The fourth-order valence-corrected chi connectivity index (χ4v) is 2.74. The van der Waals surface area contributed by atoms with Crippen molar-refractivity contribution < 1.29 is 5.11 Å². The third-order valence-electron chi connectivity index (χ3n) is 3.35. The standard InChI is InChI=1S/C13H20BrN3O/c1-10(18)7-12-5-3-2-4-6-17(12)13-15-8-11(14)9-16-13/h8-10,12,18H,2-7H2,1H3. The smallest absolute Gasteiger partial charge is 0.225 e. The highest BCUT2D eigenvalue weighted by atomic mass is 79.9. The van der Waals surface area contributed by atoms with Gasteiger partial charge < -0.3 is 10.0 Å². The van der Waals surface area contributed by atoms with Crippen molar-refractivity contribution in [3.63, 3.8) is 0 Å². The van der Waals surface area contributed by atoms with E-state index in [1.165, 1.54) is 19.3 Å². The van der Waals surface area contributed by atoms with Gasteiger partial charge in [0.25, 0.3) is 0 Å². The zero-order valence-electron chi connectivity index (χ0n) is 10.7. The Morgan fingerprint density at radius 3 is 2.78 bits per heavy atom. The Bertz CT molecular complexity index is 369. The van der Waals surface area contributed by atoms with Crippen molar-refractivity contribution in [3.05, 3.63) is 16.9 Å². The number of hydrogen-bond acceptors (Lipinski definition) is 4. The maximum absolute atomic E-state index is 9.63. The van der Waals surface area contributed by atoms with Gasteiger partial charge in [-0.25, -0.2) is 9.97 Å². The van der Waals surface area contributed by atoms with Crippen molar-refractivity contribution in [2.45, 2.75) is 51.2 Å². The second-order valence-corrected chi connectivity index (χ2v) is 5.90. The first-order valence-corrected chi connectivity index (χ1v) is 7.38. The third-order valence-corrected chi connectivity index (χ3v) is 3.76. The summed E-state index contributed by atoms with van der Waals surface area (Å²) in [5.74, 6) is 0.783. The summed E-state index contributed by atoms with van der Waals surface area (Å²) in [6, 6.07) is 0.355. The van der Waals surface area contributed by atoms with E-state index in [1.807, 2.05) is 6.92 Å². The van der Waals surface area contributed by atoms with E-state index in [4.69, 9.17) is 0 Å². The molecule has 0 amide bonds. The normalized spacial score (nSPS) is 22.6. The van der Waals surface area contributed by atoms with E-state index in [-0.39, 0.29) is 6.10 Å². The minimum Gasteiger partial charge on any atom is -0.393 e. The fraction of sp³-hybridized carbons (Fsp3) is 0.692. The predicted octanol–water partition coefficient (Wildman–Crippen LogP) is 2.76. The summed E-state index contributed by atoms with van der Waals surface area (Å²) < 4.78 is 0.896. The highest BCUT2D eigenvalue weighted by Crippen LogP contribution is 2.24. The van der Waals surface area contributed by atoms with Crippen molar-refractivity contribution in [1.29, 1.82) is 0 Å². The second-order valence-electron chi connectivity index (χ2n) is 4.98. The summed E-state index contributed by atoms with van der Waals surface area (Å²) in [7, 11) is 0. The van der Waals surface area contributed by atoms with Crippen LogP contribution in [0, 0.1) is 0 Å². The molecule has 0 aromatic carbocycles. The van der Waals surface area contributed by atoms with Crippen LogP contribution in [0.4, 0.5) is 5.95 Å². The zero-order valence-corrected chi connectivity index (χ0v) is 12.3. The van der Waals surface area contributed by atoms with E-state index in [9.17, 15) is 5.11 Å². The molecule has 0 bridgehead atoms. The van der Waals surface area contributed by atoms with Crippen LogP contribution in [-0.2, 0) is 0 Å². The van der Waals surface area contributed by atoms with Gasteiger partial charge >= 0.3 is 0 Å². The number of nitrogens with zero attached hydrogens (tertiary/aromatic N) is 3. The van der Waals surface area contributed by atoms with Gasteiger partial charge in [-0.15, -0.1) is 0 Å². The molecule has 1 aliphatic heterocycles. The number of rotatable bonds is 3. The summed E-state index contributed by atoms with van der Waals surface area (Å²) in [4.78, 5) is 11.0. The SMILES string of the molecule is CC(O)CC1CCCCCN1c1ncc(Br)cn1. The molecule has 2 rings (SSSR count). The lowest BCUT2D eigenvalue weighted by Gasteiger charge is -2.30. The van der Waals surface area contributed by atoms with Crippen molar-refractivity contribution in [2.24, 2.45) is 0 Å². The molecule has 1 aromatic rings. The van der Waals surface area contributed by atoms with Gasteiger partial charge in [-0.3, -0.25) is 0 Å². The van der Waals surface area contributed by atoms with E-state index in [0.29, 0.717) is 6.04 Å². The Hall–Kier alpha value is -0.680. The molecule has 4 nitrogen and oxygen atoms in total. The third kappa shape index (κ3) is 3.65. The van der Waals surface area contributed by atoms with Gasteiger partial charge in [-0.2, -0.15) is 0 Å². The lowest BCUT2D eigenvalue weighted by atomic mass is 10.0. The number of aliphatic hydroxyl groups is 1. The molecule has 0 saturated carbocycles. The molecule has 0 radical (unpaired) electrons. The maximum Gasteiger partial charge on any atom is 0.225 e. The van der Waals surface area contributed by atoms with Crippen LogP contribution < -0.4 is 4.90 Å². The molecule has 1 N–H and O–H groups in total. The maximum atomic E-state index is 9.63. The van der Waals surface area contributed by atoms with E-state index < -0.39 is 0 Å². The van der Waals surface area contributed by atoms with E-state index >= 15 is 0 Å². The van der Waals surface area contributed by atoms with Crippen LogP contribution in [0.2, 0.25) is 0 Å². The summed E-state index contributed by atoms with van der Waals surface area (Å²) in [5, 5.41) is 9.63. The van der Waals surface area contributed by atoms with Gasteiger partial charge in [0.2, 0.25) is 5.95 Å². The van der Waals surface area contributed by atoms with Crippen LogP contribution in [0.3, 0.4) is 0 Å². The average molecular weight is 314 g/mol. The van der Waals surface area contributed by atoms with Crippen LogP contribution in [0.1, 0.15) is 39.0 Å². The largest absolute Gasteiger partial charge is 0.393 e. The number of aromatic nitrogens is 2. The van der Waals surface area contributed by atoms with Gasteiger partial charge in [-0.1, -0.05) is 12.8 Å². The van der Waals surface area contributed by atoms with Crippen LogP contribution >= 0.6 is 15.9 Å². The second kappa shape index (κ2) is 6.48. The Labute approximate surface area is 117 Å². The van der Waals surface area contributed by atoms with Gasteiger partial charge in [0.1, 0.15) is 0 Å². The lowest BCUT2D eigenvalue weighted by Crippen LogP contribution is -2.38. The first-order valence-electron chi connectivity index (χ1n) is 6.59. The Kier molecular flexibility index (Phi) is 4.95. The monoisotopic (exact) mass is 313 g/mol. The van der Waals surface area contributed by atoms with Crippen molar-refractivity contribution in [3.8, 4) is 0 Å². The minimum atomic E-state index is -0.272. The van der Waals surface area contributed by atoms with E-state index in [0.717, 1.165) is 29.8 Å². The van der Waals surface area contributed by atoms with Gasteiger partial charge in [0.15, 0.2) is 0 Å². The molecule has 2 unspecified atom stereocenters. The molecule has 1 fully saturated rings. The topological polar surface area (TPSA) is 49.2 Å². The Morgan fingerprint density at radius 1 is 1.39 bits per heavy atom. The van der Waals surface area contributed by atoms with Crippen molar-refractivity contribution in [1.82, 2.24) is 9.97 Å². The first-order chi connectivity index (χ1) is 8.66. The molecule has 0 aliphatic carbocycles. The number of anilines is 1. The highest BCUT2D eigenvalue weighted by Gasteiger charge is 2.24. The quantitative estimate of drug-likeness (QED) is 0.932. The van der Waals surface area contributed by atoms with Gasteiger partial charge in [-0.05, 0) is 42.1 Å². The number of aliphatic hydroxyl groups excluding tert-OH is 1. The molecular weight excluding hydrogens is 294 g/mol. The molecule has 100 valence electrons. The molecule has 1 aromatic heterocycles. The van der Waals surface area contributed by atoms with Gasteiger partial charge in [0.05, 0.1) is 10.6 Å². The molecule has 5 heteroatoms. The molecule has 1 saturated heterocycles. The van der Waals surface area contributed by atoms with Crippen molar-refractivity contribution in [2.75, 3.05) is 11.4 Å². The molecule has 0 spiro atoms. The zero-order chi connectivity index (χ0) is 13.0. The van der Waals surface area contributed by atoms with Crippen LogP contribution in [0.25, 0.3) is 0 Å². The Balaban J connectivity index is 2.16. The molecular formula is C13H20BrN3O. The van der Waals surface area contributed by atoms with E-state index in [1.54, 1.807) is 12.4 Å². The fourth-order valence-electron chi connectivity index (χ4n) is 2.53. The van der Waals surface area contributed by atoms with Crippen molar-refractivity contribution >= 4 is 21.9 Å². The Morgan fingerprint density at radius 2 is 2.11 bits per heavy atom. The van der Waals surface area contributed by atoms with Crippen LogP contribution in [0.15, 0.2) is 16.9 Å².